The van der Waals surface area contributed by atoms with E-state index in [0.717, 1.165) is 45.1 Å². The summed E-state index contributed by atoms with van der Waals surface area (Å²) in [6.07, 6.45) is 1.94. The van der Waals surface area contributed by atoms with Gasteiger partial charge in [-0.15, -0.1) is 0 Å². The van der Waals surface area contributed by atoms with Crippen LogP contribution in [0, 0.1) is 0 Å². The first kappa shape index (κ1) is 47.4. The molecule has 0 aliphatic carbocycles. The molecule has 0 radical (unpaired) electrons. The van der Waals surface area contributed by atoms with E-state index in [9.17, 15) is 0 Å². The van der Waals surface area contributed by atoms with E-state index in [4.69, 9.17) is 9.72 Å². The zero-order chi connectivity index (χ0) is 50.9. The third-order valence-corrected chi connectivity index (χ3v) is 15.4. The van der Waals surface area contributed by atoms with Crippen LogP contribution in [0.2, 0.25) is 0 Å². The average molecular weight is 955 g/mol. The Hall–Kier alpha value is -7.89. The van der Waals surface area contributed by atoms with Gasteiger partial charge in [-0.1, -0.05) is 191 Å². The summed E-state index contributed by atoms with van der Waals surface area (Å²) in [5.41, 5.74) is 16.2. The summed E-state index contributed by atoms with van der Waals surface area (Å²) in [6, 6.07) is 72.6. The summed E-state index contributed by atoms with van der Waals surface area (Å²) in [4.78, 5) is 10.0. The Morgan fingerprint density at radius 3 is 1.60 bits per heavy atom. The number of hydrogen-bond acceptors (Lipinski definition) is 4. The highest BCUT2D eigenvalue weighted by atomic mass is 16.5. The zero-order valence-electron chi connectivity index (χ0n) is 44.0. The van der Waals surface area contributed by atoms with Crippen LogP contribution in [0.4, 0.5) is 22.7 Å². The van der Waals surface area contributed by atoms with Gasteiger partial charge in [0.15, 0.2) is 0 Å². The highest BCUT2D eigenvalue weighted by Crippen LogP contribution is 2.51. The second kappa shape index (κ2) is 18.0. The van der Waals surface area contributed by atoms with E-state index in [-0.39, 0.29) is 21.7 Å². The third-order valence-electron chi connectivity index (χ3n) is 15.4. The molecule has 364 valence electrons. The van der Waals surface area contributed by atoms with Crippen molar-refractivity contribution >= 4 is 44.6 Å². The van der Waals surface area contributed by atoms with Crippen LogP contribution >= 0.6 is 0 Å². The molecule has 2 aromatic heterocycles. The minimum atomic E-state index is -0.251. The number of anilines is 4. The van der Waals surface area contributed by atoms with Crippen molar-refractivity contribution in [3.8, 4) is 28.4 Å². The van der Waals surface area contributed by atoms with Gasteiger partial charge in [0.2, 0.25) is 0 Å². The van der Waals surface area contributed by atoms with Gasteiger partial charge in [-0.3, -0.25) is 4.57 Å². The molecule has 0 saturated heterocycles. The second-order valence-corrected chi connectivity index (χ2v) is 23.0. The molecule has 5 nitrogen and oxygen atoms in total. The number of rotatable bonds is 10. The number of hydrogen-bond donors (Lipinski definition) is 0. The molecule has 0 N–H and O–H groups in total. The number of benzene rings is 8. The summed E-state index contributed by atoms with van der Waals surface area (Å²) in [6.45, 7) is 23.9. The maximum atomic E-state index is 6.94. The van der Waals surface area contributed by atoms with Crippen LogP contribution in [0.25, 0.3) is 38.8 Å². The first-order valence-electron chi connectivity index (χ1n) is 25.8. The molecule has 0 fully saturated rings. The largest absolute Gasteiger partial charge is 0.457 e. The molecule has 11 rings (SSSR count). The molecule has 1 aliphatic rings. The summed E-state index contributed by atoms with van der Waals surface area (Å²) >= 11 is 0. The Morgan fingerprint density at radius 1 is 0.397 bits per heavy atom. The van der Waals surface area contributed by atoms with E-state index in [0.29, 0.717) is 6.67 Å². The van der Waals surface area contributed by atoms with E-state index in [1.165, 1.54) is 61.3 Å². The molecule has 0 atom stereocenters. The van der Waals surface area contributed by atoms with Crippen molar-refractivity contribution in [3.05, 3.63) is 240 Å². The average Bonchev–Trinajstić information content (AvgIpc) is 3.94. The smallest absolute Gasteiger partial charge is 0.137 e. The van der Waals surface area contributed by atoms with Gasteiger partial charge in [0, 0.05) is 51.3 Å². The van der Waals surface area contributed by atoms with Crippen molar-refractivity contribution in [1.82, 2.24) is 9.55 Å². The molecule has 1 aliphatic heterocycles. The molecule has 10 aromatic rings. The first-order valence-corrected chi connectivity index (χ1v) is 25.8. The monoisotopic (exact) mass is 955 g/mol. The Morgan fingerprint density at radius 2 is 0.959 bits per heavy atom. The second-order valence-electron chi connectivity index (χ2n) is 23.0. The van der Waals surface area contributed by atoms with E-state index in [2.05, 4.69) is 284 Å². The fourth-order valence-corrected chi connectivity index (χ4v) is 11.0. The highest BCUT2D eigenvalue weighted by molar-refractivity contribution is 6.09. The zero-order valence-corrected chi connectivity index (χ0v) is 44.0. The Labute approximate surface area is 432 Å². The topological polar surface area (TPSA) is 33.5 Å². The lowest BCUT2D eigenvalue weighted by Crippen LogP contribution is -2.25. The summed E-state index contributed by atoms with van der Waals surface area (Å²) in [5, 5.41) is 2.32. The quantitative estimate of drug-likeness (QED) is 0.137. The van der Waals surface area contributed by atoms with Crippen molar-refractivity contribution < 1.29 is 4.74 Å². The molecule has 0 bridgehead atoms. The van der Waals surface area contributed by atoms with Crippen molar-refractivity contribution in [2.24, 2.45) is 0 Å². The first-order chi connectivity index (χ1) is 34.9. The fourth-order valence-electron chi connectivity index (χ4n) is 11.0. The lowest BCUT2D eigenvalue weighted by atomic mass is 9.74. The predicted octanol–water partition coefficient (Wildman–Crippen LogP) is 18.1. The van der Waals surface area contributed by atoms with Gasteiger partial charge in [-0.25, -0.2) is 4.98 Å². The maximum Gasteiger partial charge on any atom is 0.137 e. The van der Waals surface area contributed by atoms with Gasteiger partial charge >= 0.3 is 0 Å². The molecule has 3 heterocycles. The van der Waals surface area contributed by atoms with Crippen LogP contribution in [0.5, 0.6) is 11.5 Å². The molecular weight excluding hydrogens is 889 g/mol. The molecule has 8 aromatic carbocycles. The van der Waals surface area contributed by atoms with Crippen LogP contribution < -0.4 is 14.5 Å². The number of nitrogens with zero attached hydrogens (tertiary/aromatic N) is 4. The van der Waals surface area contributed by atoms with Crippen LogP contribution in [0.15, 0.2) is 206 Å². The van der Waals surface area contributed by atoms with E-state index < -0.39 is 0 Å². The van der Waals surface area contributed by atoms with Crippen molar-refractivity contribution in [2.75, 3.05) is 16.5 Å². The summed E-state index contributed by atoms with van der Waals surface area (Å²) in [5.74, 6) is 2.40. The lowest BCUT2D eigenvalue weighted by Gasteiger charge is -2.32. The predicted molar refractivity (Wildman–Crippen MR) is 307 cm³/mol. The van der Waals surface area contributed by atoms with Gasteiger partial charge in [-0.2, -0.15) is 0 Å². The van der Waals surface area contributed by atoms with Gasteiger partial charge in [0.1, 0.15) is 24.0 Å². The molecule has 0 spiro atoms. The van der Waals surface area contributed by atoms with Crippen LogP contribution in [-0.2, 0) is 21.7 Å². The van der Waals surface area contributed by atoms with Gasteiger partial charge in [0.25, 0.3) is 0 Å². The Kier molecular flexibility index (Phi) is 11.7. The minimum absolute atomic E-state index is 0.0821. The number of pyridine rings is 1. The summed E-state index contributed by atoms with van der Waals surface area (Å²) in [7, 11) is 0. The number of para-hydroxylation sites is 1. The molecule has 0 amide bonds. The molecule has 73 heavy (non-hydrogen) atoms. The lowest BCUT2D eigenvalue weighted by molar-refractivity contribution is 0.483. The SMILES string of the molecule is CC(C)(C)c1cc2c(cc1C(C)(C)C)N(c1cc(-c3ccccc3)cc(C(C)(C)c3ccccc3)c1)CN2c1cccc(Oc2ccc3c4ccccc4n(-c4cc(C(C)(C)c5ccccc5)ccn4)c3c2)c1. The number of ether oxygens (including phenoxy) is 1. The minimum Gasteiger partial charge on any atom is -0.457 e. The normalized spacial score (nSPS) is 13.2. The van der Waals surface area contributed by atoms with Crippen LogP contribution in [-0.4, -0.2) is 16.2 Å². The van der Waals surface area contributed by atoms with E-state index in [1.54, 1.807) is 0 Å². The Bertz CT molecular complexity index is 3650. The van der Waals surface area contributed by atoms with Crippen molar-refractivity contribution in [1.29, 1.82) is 0 Å². The van der Waals surface area contributed by atoms with E-state index in [1.807, 2.05) is 6.20 Å². The number of aromatic nitrogens is 2. The standard InChI is InChI=1S/C68H66N4O/c1-65(2,3)58-43-62-63(44-59(58)66(4,5)6)71(53-38-47(46-23-14-11-15-24-46)37-51(39-53)68(9,10)49-27-18-13-19-28-49)45-70(62)52-29-22-30-54(41-52)73-55-33-34-57-56-31-20-21-32-60(56)72(61(57)42-55)64-40-50(35-36-69-64)67(7,8)48-25-16-12-17-26-48/h11-44H,45H2,1-10H3. The van der Waals surface area contributed by atoms with Gasteiger partial charge in [-0.05, 0) is 122 Å². The summed E-state index contributed by atoms with van der Waals surface area (Å²) < 4.78 is 9.22. The van der Waals surface area contributed by atoms with Gasteiger partial charge in [0.05, 0.1) is 22.4 Å². The highest BCUT2D eigenvalue weighted by Gasteiger charge is 2.36. The van der Waals surface area contributed by atoms with Crippen LogP contribution in [0.3, 0.4) is 0 Å². The van der Waals surface area contributed by atoms with Crippen molar-refractivity contribution in [2.45, 2.75) is 90.9 Å². The maximum absolute atomic E-state index is 6.94. The molecular formula is C68H66N4O. The van der Waals surface area contributed by atoms with E-state index >= 15 is 0 Å². The third kappa shape index (κ3) is 8.75. The number of fused-ring (bicyclic) bond motifs is 4. The van der Waals surface area contributed by atoms with Gasteiger partial charge < -0.3 is 14.5 Å². The molecule has 5 heteroatoms. The fraction of sp³-hybridized carbons (Fsp3) is 0.221. The molecule has 0 unspecified atom stereocenters. The van der Waals surface area contributed by atoms with Crippen molar-refractivity contribution in [3.63, 3.8) is 0 Å². The Balaban J connectivity index is 1.01. The van der Waals surface area contributed by atoms with Crippen LogP contribution in [0.1, 0.15) is 103 Å². The molecule has 0 saturated carbocycles.